The van der Waals surface area contributed by atoms with E-state index in [2.05, 4.69) is 10.6 Å². The number of hydrogen-bond donors (Lipinski definition) is 2. The van der Waals surface area contributed by atoms with Crippen LogP contribution in [0.2, 0.25) is 0 Å². The average molecular weight is 313 g/mol. The van der Waals surface area contributed by atoms with Gasteiger partial charge < -0.3 is 20.1 Å². The second-order valence-electron chi connectivity index (χ2n) is 5.08. The van der Waals surface area contributed by atoms with Gasteiger partial charge in [0.05, 0.1) is 30.2 Å². The van der Waals surface area contributed by atoms with Crippen LogP contribution in [-0.4, -0.2) is 44.3 Å². The second kappa shape index (κ2) is 7.52. The van der Waals surface area contributed by atoms with Crippen LogP contribution in [0, 0.1) is 0 Å². The Kier molecular flexibility index (Phi) is 5.70. The first-order chi connectivity index (χ1) is 10.1. The Morgan fingerprint density at radius 1 is 1.48 bits per heavy atom. The first-order valence-electron chi connectivity index (χ1n) is 7.06. The number of anilines is 2. The van der Waals surface area contributed by atoms with Gasteiger partial charge in [-0.15, -0.1) is 11.6 Å². The molecule has 1 heterocycles. The highest BCUT2D eigenvalue weighted by molar-refractivity contribution is 6.20. The van der Waals surface area contributed by atoms with E-state index in [-0.39, 0.29) is 17.5 Å². The highest BCUT2D eigenvalue weighted by Gasteiger charge is 2.18. The van der Waals surface area contributed by atoms with Gasteiger partial charge in [-0.3, -0.25) is 0 Å². The van der Waals surface area contributed by atoms with Crippen molar-refractivity contribution in [2.24, 2.45) is 0 Å². The topological polar surface area (TPSA) is 59.6 Å². The van der Waals surface area contributed by atoms with Crippen molar-refractivity contribution in [3.05, 3.63) is 23.8 Å². The Morgan fingerprint density at radius 3 is 2.81 bits per heavy atom. The maximum Gasteiger partial charge on any atom is 0.337 e. The monoisotopic (exact) mass is 312 g/mol. The van der Waals surface area contributed by atoms with Gasteiger partial charge in [-0.25, -0.2) is 4.79 Å². The highest BCUT2D eigenvalue weighted by Crippen LogP contribution is 2.25. The molecule has 1 aromatic rings. The standard InChI is InChI=1S/C15H21ClN2O3/c1-10(16)8-17-13-4-3-11(15(19)20-2)7-14(13)18-9-12-5-6-21-12/h3-4,7,10,12,17-18H,5-6,8-9H2,1-2H3. The Hall–Kier alpha value is -1.46. The van der Waals surface area contributed by atoms with Gasteiger partial charge >= 0.3 is 5.97 Å². The number of esters is 1. The molecule has 0 aliphatic carbocycles. The van der Waals surface area contributed by atoms with Crippen LogP contribution in [0.3, 0.4) is 0 Å². The van der Waals surface area contributed by atoms with Gasteiger partial charge in [0.1, 0.15) is 0 Å². The van der Waals surface area contributed by atoms with Crippen LogP contribution in [0.5, 0.6) is 0 Å². The molecule has 0 amide bonds. The van der Waals surface area contributed by atoms with E-state index in [1.807, 2.05) is 13.0 Å². The summed E-state index contributed by atoms with van der Waals surface area (Å²) in [6.45, 7) is 4.11. The fourth-order valence-corrected chi connectivity index (χ4v) is 2.09. The SMILES string of the molecule is COC(=O)c1ccc(NCC(C)Cl)c(NCC2CCO2)c1. The number of rotatable bonds is 7. The first kappa shape index (κ1) is 15.9. The molecule has 2 atom stereocenters. The average Bonchev–Trinajstić information content (AvgIpc) is 2.43. The highest BCUT2D eigenvalue weighted by atomic mass is 35.5. The van der Waals surface area contributed by atoms with Crippen molar-refractivity contribution in [2.75, 3.05) is 37.4 Å². The summed E-state index contributed by atoms with van der Waals surface area (Å²) in [6.07, 6.45) is 1.30. The smallest absolute Gasteiger partial charge is 0.337 e. The van der Waals surface area contributed by atoms with Crippen LogP contribution in [0.1, 0.15) is 23.7 Å². The number of alkyl halides is 1. The van der Waals surface area contributed by atoms with E-state index in [9.17, 15) is 4.79 Å². The molecule has 0 bridgehead atoms. The summed E-state index contributed by atoms with van der Waals surface area (Å²) in [4.78, 5) is 11.6. The molecule has 6 heteroatoms. The van der Waals surface area contributed by atoms with E-state index in [1.54, 1.807) is 12.1 Å². The zero-order chi connectivity index (χ0) is 15.2. The zero-order valence-corrected chi connectivity index (χ0v) is 13.1. The van der Waals surface area contributed by atoms with Crippen molar-refractivity contribution in [3.8, 4) is 0 Å². The van der Waals surface area contributed by atoms with Gasteiger partial charge in [0, 0.05) is 25.1 Å². The molecule has 2 unspecified atom stereocenters. The summed E-state index contributed by atoms with van der Waals surface area (Å²) < 4.78 is 10.1. The van der Waals surface area contributed by atoms with E-state index in [0.29, 0.717) is 12.1 Å². The van der Waals surface area contributed by atoms with Crippen LogP contribution in [0.25, 0.3) is 0 Å². The number of halogens is 1. The normalized spacial score (nSPS) is 18.5. The van der Waals surface area contributed by atoms with Crippen molar-refractivity contribution in [1.82, 2.24) is 0 Å². The number of carbonyl (C=O) groups excluding carboxylic acids is 1. The maximum atomic E-state index is 11.6. The summed E-state index contributed by atoms with van der Waals surface area (Å²) in [5.74, 6) is -0.352. The summed E-state index contributed by atoms with van der Waals surface area (Å²) >= 11 is 5.97. The van der Waals surface area contributed by atoms with Gasteiger partial charge in [-0.1, -0.05) is 0 Å². The molecule has 116 valence electrons. The molecule has 5 nitrogen and oxygen atoms in total. The third-order valence-electron chi connectivity index (χ3n) is 3.33. The van der Waals surface area contributed by atoms with Crippen molar-refractivity contribution >= 4 is 28.9 Å². The van der Waals surface area contributed by atoms with E-state index in [0.717, 1.165) is 30.9 Å². The lowest BCUT2D eigenvalue weighted by atomic mass is 10.1. The van der Waals surface area contributed by atoms with Crippen molar-refractivity contribution in [3.63, 3.8) is 0 Å². The van der Waals surface area contributed by atoms with E-state index < -0.39 is 0 Å². The zero-order valence-electron chi connectivity index (χ0n) is 12.3. The van der Waals surface area contributed by atoms with Crippen LogP contribution < -0.4 is 10.6 Å². The summed E-state index contributed by atoms with van der Waals surface area (Å²) in [5, 5.41) is 6.61. The quantitative estimate of drug-likeness (QED) is 0.599. The second-order valence-corrected chi connectivity index (χ2v) is 5.82. The minimum atomic E-state index is -0.352. The predicted octanol–water partition coefficient (Wildman–Crippen LogP) is 2.71. The van der Waals surface area contributed by atoms with Crippen LogP contribution in [0.15, 0.2) is 18.2 Å². The third-order valence-corrected chi connectivity index (χ3v) is 3.48. The number of hydrogen-bond acceptors (Lipinski definition) is 5. The largest absolute Gasteiger partial charge is 0.465 e. The van der Waals surface area contributed by atoms with E-state index in [4.69, 9.17) is 21.1 Å². The molecular formula is C15H21ClN2O3. The van der Waals surface area contributed by atoms with E-state index in [1.165, 1.54) is 7.11 Å². The van der Waals surface area contributed by atoms with E-state index >= 15 is 0 Å². The number of ether oxygens (including phenoxy) is 2. The Bertz CT molecular complexity index is 490. The predicted molar refractivity (Wildman–Crippen MR) is 84.4 cm³/mol. The molecule has 1 saturated heterocycles. The molecule has 0 aromatic heterocycles. The fraction of sp³-hybridized carbons (Fsp3) is 0.533. The Morgan fingerprint density at radius 2 is 2.24 bits per heavy atom. The lowest BCUT2D eigenvalue weighted by Gasteiger charge is -2.27. The van der Waals surface area contributed by atoms with Gasteiger partial charge in [-0.05, 0) is 31.5 Å². The number of methoxy groups -OCH3 is 1. The van der Waals surface area contributed by atoms with Crippen molar-refractivity contribution in [2.45, 2.75) is 24.8 Å². The molecule has 0 saturated carbocycles. The minimum Gasteiger partial charge on any atom is -0.465 e. The van der Waals surface area contributed by atoms with Crippen LogP contribution in [0.4, 0.5) is 11.4 Å². The molecule has 1 aliphatic rings. The summed E-state index contributed by atoms with van der Waals surface area (Å²) in [5.41, 5.74) is 2.28. The van der Waals surface area contributed by atoms with Gasteiger partial charge in [0.15, 0.2) is 0 Å². The molecule has 1 aromatic carbocycles. The molecule has 1 fully saturated rings. The fourth-order valence-electron chi connectivity index (χ4n) is 2.01. The molecule has 2 N–H and O–H groups in total. The molecule has 0 spiro atoms. The molecule has 0 radical (unpaired) electrons. The number of carbonyl (C=O) groups is 1. The molecule has 1 aliphatic heterocycles. The van der Waals surface area contributed by atoms with Gasteiger partial charge in [0.25, 0.3) is 0 Å². The lowest BCUT2D eigenvalue weighted by molar-refractivity contribution is -0.0410. The van der Waals surface area contributed by atoms with Crippen LogP contribution in [-0.2, 0) is 9.47 Å². The van der Waals surface area contributed by atoms with Gasteiger partial charge in [-0.2, -0.15) is 0 Å². The van der Waals surface area contributed by atoms with Crippen molar-refractivity contribution < 1.29 is 14.3 Å². The molecule has 21 heavy (non-hydrogen) atoms. The number of nitrogens with one attached hydrogen (secondary N) is 2. The Labute approximate surface area is 130 Å². The minimum absolute atomic E-state index is 0.0214. The summed E-state index contributed by atoms with van der Waals surface area (Å²) in [7, 11) is 1.37. The van der Waals surface area contributed by atoms with Crippen LogP contribution >= 0.6 is 11.6 Å². The first-order valence-corrected chi connectivity index (χ1v) is 7.49. The lowest BCUT2D eigenvalue weighted by Crippen LogP contribution is -2.33. The molecule has 2 rings (SSSR count). The summed E-state index contributed by atoms with van der Waals surface area (Å²) in [6, 6.07) is 5.37. The number of benzene rings is 1. The molecular weight excluding hydrogens is 292 g/mol. The Balaban J connectivity index is 2.10. The third kappa shape index (κ3) is 4.51. The van der Waals surface area contributed by atoms with Gasteiger partial charge in [0.2, 0.25) is 0 Å². The maximum absolute atomic E-state index is 11.6. The van der Waals surface area contributed by atoms with Crippen molar-refractivity contribution in [1.29, 1.82) is 0 Å².